The van der Waals surface area contributed by atoms with Crippen LogP contribution in [-0.2, 0) is 27.3 Å². The zero-order chi connectivity index (χ0) is 32.5. The van der Waals surface area contributed by atoms with Gasteiger partial charge < -0.3 is 4.74 Å². The smallest absolute Gasteiger partial charge is 0.416 e. The topological polar surface area (TPSA) is 64.4 Å². The maximum Gasteiger partial charge on any atom is 0.416 e. The minimum Gasteiger partial charge on any atom is -0.433 e. The van der Waals surface area contributed by atoms with Crippen molar-refractivity contribution in [2.24, 2.45) is 4.99 Å². The molecule has 5 nitrogen and oxygen atoms in total. The number of esters is 1. The molecule has 2 aromatic carbocycles. The molecule has 4 rings (SSSR count). The van der Waals surface area contributed by atoms with Gasteiger partial charge in [-0.2, -0.15) is 26.3 Å². The molecule has 0 fully saturated rings. The van der Waals surface area contributed by atoms with Gasteiger partial charge in [0.05, 0.1) is 33.6 Å². The van der Waals surface area contributed by atoms with Crippen LogP contribution in [0, 0.1) is 6.92 Å². The van der Waals surface area contributed by atoms with Crippen LogP contribution in [0.15, 0.2) is 77.5 Å². The van der Waals surface area contributed by atoms with E-state index in [2.05, 4.69) is 15.0 Å². The minimum absolute atomic E-state index is 0.154. The number of allylic oxidation sites excluding steroid dienone is 3. The van der Waals surface area contributed by atoms with Gasteiger partial charge >= 0.3 is 18.3 Å². The third-order valence-corrected chi connectivity index (χ3v) is 8.07. The summed E-state index contributed by atoms with van der Waals surface area (Å²) in [5.74, 6) is -0.684. The van der Waals surface area contributed by atoms with Crippen LogP contribution in [0.25, 0.3) is 22.5 Å². The molecular formula is C33H31F6N3O2. The van der Waals surface area contributed by atoms with Crippen LogP contribution in [-0.4, -0.2) is 27.9 Å². The van der Waals surface area contributed by atoms with Crippen LogP contribution in [0.5, 0.6) is 0 Å². The van der Waals surface area contributed by atoms with Gasteiger partial charge in [-0.1, -0.05) is 44.2 Å². The van der Waals surface area contributed by atoms with Gasteiger partial charge in [0.15, 0.2) is 0 Å². The van der Waals surface area contributed by atoms with E-state index in [0.717, 1.165) is 24.3 Å². The Kier molecular flexibility index (Phi) is 8.91. The van der Waals surface area contributed by atoms with Crippen LogP contribution in [0.1, 0.15) is 62.9 Å². The van der Waals surface area contributed by atoms with E-state index in [1.165, 1.54) is 30.6 Å². The number of aliphatic imine (C=N–C) groups is 1. The van der Waals surface area contributed by atoms with Crippen LogP contribution < -0.4 is 0 Å². The van der Waals surface area contributed by atoms with Crippen molar-refractivity contribution in [1.29, 1.82) is 0 Å². The second-order valence-corrected chi connectivity index (χ2v) is 10.7. The van der Waals surface area contributed by atoms with Crippen molar-refractivity contribution in [3.05, 3.63) is 94.8 Å². The number of halogens is 6. The van der Waals surface area contributed by atoms with Gasteiger partial charge in [-0.25, -0.2) is 14.8 Å². The van der Waals surface area contributed by atoms with Gasteiger partial charge in [0.2, 0.25) is 5.72 Å². The number of ether oxygens (including phenoxy) is 1. The molecule has 44 heavy (non-hydrogen) atoms. The Morgan fingerprint density at radius 2 is 1.45 bits per heavy atom. The van der Waals surface area contributed by atoms with Crippen molar-refractivity contribution in [3.8, 4) is 22.5 Å². The van der Waals surface area contributed by atoms with Crippen LogP contribution in [0.3, 0.4) is 0 Å². The van der Waals surface area contributed by atoms with Crippen molar-refractivity contribution in [2.45, 2.75) is 71.0 Å². The summed E-state index contributed by atoms with van der Waals surface area (Å²) in [5, 5.41) is 0. The molecule has 0 saturated carbocycles. The number of alkyl halides is 6. The molecule has 0 saturated heterocycles. The van der Waals surface area contributed by atoms with E-state index < -0.39 is 40.6 Å². The van der Waals surface area contributed by atoms with Crippen molar-refractivity contribution in [1.82, 2.24) is 9.97 Å². The van der Waals surface area contributed by atoms with Crippen LogP contribution >= 0.6 is 0 Å². The zero-order valence-electron chi connectivity index (χ0n) is 24.8. The third kappa shape index (κ3) is 6.18. The van der Waals surface area contributed by atoms with E-state index in [9.17, 15) is 31.1 Å². The predicted molar refractivity (Wildman–Crippen MR) is 156 cm³/mol. The Labute approximate surface area is 251 Å². The summed E-state index contributed by atoms with van der Waals surface area (Å²) in [7, 11) is 0. The molecular weight excluding hydrogens is 584 g/mol. The highest BCUT2D eigenvalue weighted by atomic mass is 19.4. The van der Waals surface area contributed by atoms with Gasteiger partial charge in [-0.05, 0) is 69.5 Å². The van der Waals surface area contributed by atoms with Crippen molar-refractivity contribution in [2.75, 3.05) is 0 Å². The summed E-state index contributed by atoms with van der Waals surface area (Å²) in [6.07, 6.45) is -1.25. The highest BCUT2D eigenvalue weighted by Gasteiger charge is 2.52. The average molecular weight is 616 g/mol. The Morgan fingerprint density at radius 1 is 0.841 bits per heavy atom. The molecule has 0 radical (unpaired) electrons. The number of aromatic nitrogens is 2. The van der Waals surface area contributed by atoms with E-state index in [1.54, 1.807) is 52.8 Å². The molecule has 1 atom stereocenters. The summed E-state index contributed by atoms with van der Waals surface area (Å²) in [6, 6.07) is 7.54. The lowest BCUT2D eigenvalue weighted by molar-refractivity contribution is -0.161. The molecule has 0 unspecified atom stereocenters. The molecule has 1 aromatic heterocycles. The lowest BCUT2D eigenvalue weighted by atomic mass is 9.66. The standard InChI is InChI=1S/C33H31F6N3O2/c1-6-31(7-2,30(5)41-17-9-8-10-20(3)29(43)44-30)26-18-24(33(37,38)39)15-16-25(26)28-27(42-21(4)19-40-28)22-11-13-23(14-12-22)32(34,35)36/h8-19H,6-7H2,1-5H3/b9-8-,20-10+,41-17?/t30-/m0/s1. The van der Waals surface area contributed by atoms with Gasteiger partial charge in [0.25, 0.3) is 0 Å². The SMILES string of the molecule is CCC(CC)(c1cc(C(F)(F)F)ccc1-c1ncc(C)nc1-c1ccc(C(F)(F)F)cc1)[C@@]1(C)N=C/C=C\C=C(/C)C(=O)O1. The van der Waals surface area contributed by atoms with E-state index >= 15 is 0 Å². The largest absolute Gasteiger partial charge is 0.433 e. The predicted octanol–water partition coefficient (Wildman–Crippen LogP) is 9.06. The Morgan fingerprint density at radius 3 is 2.05 bits per heavy atom. The maximum atomic E-state index is 14.2. The van der Waals surface area contributed by atoms with Gasteiger partial charge in [-0.3, -0.25) is 4.98 Å². The monoisotopic (exact) mass is 615 g/mol. The first-order valence-electron chi connectivity index (χ1n) is 13.9. The molecule has 3 aromatic rings. The van der Waals surface area contributed by atoms with Gasteiger partial charge in [0.1, 0.15) is 0 Å². The fourth-order valence-electron chi connectivity index (χ4n) is 5.56. The molecule has 0 amide bonds. The van der Waals surface area contributed by atoms with E-state index in [0.29, 0.717) is 5.69 Å². The van der Waals surface area contributed by atoms with Crippen LogP contribution in [0.2, 0.25) is 0 Å². The molecule has 1 aliphatic rings. The lowest BCUT2D eigenvalue weighted by Crippen LogP contribution is -2.51. The number of carbonyl (C=O) groups is 1. The lowest BCUT2D eigenvalue weighted by Gasteiger charge is -2.46. The highest BCUT2D eigenvalue weighted by Crippen LogP contribution is 2.50. The number of cyclic esters (lactones) is 1. The molecule has 0 spiro atoms. The number of hydrogen-bond donors (Lipinski definition) is 0. The van der Waals surface area contributed by atoms with Gasteiger partial charge in [-0.15, -0.1) is 0 Å². The first-order chi connectivity index (χ1) is 20.6. The van der Waals surface area contributed by atoms with Crippen molar-refractivity contribution >= 4 is 12.2 Å². The number of nitrogens with zero attached hydrogens (tertiary/aromatic N) is 3. The quantitative estimate of drug-likeness (QED) is 0.205. The summed E-state index contributed by atoms with van der Waals surface area (Å²) >= 11 is 0. The summed E-state index contributed by atoms with van der Waals surface area (Å²) in [6.45, 7) is 8.31. The van der Waals surface area contributed by atoms with Crippen molar-refractivity contribution < 1.29 is 35.9 Å². The summed E-state index contributed by atoms with van der Waals surface area (Å²) in [5.41, 5.74) is -3.04. The number of aryl methyl sites for hydroxylation is 1. The zero-order valence-corrected chi connectivity index (χ0v) is 24.8. The molecule has 1 aliphatic heterocycles. The van der Waals surface area contributed by atoms with E-state index in [-0.39, 0.29) is 46.5 Å². The first kappa shape index (κ1) is 32.6. The third-order valence-electron chi connectivity index (χ3n) is 8.07. The highest BCUT2D eigenvalue weighted by molar-refractivity contribution is 5.89. The van der Waals surface area contributed by atoms with Crippen molar-refractivity contribution in [3.63, 3.8) is 0 Å². The first-order valence-corrected chi connectivity index (χ1v) is 13.9. The van der Waals surface area contributed by atoms with Crippen LogP contribution in [0.4, 0.5) is 26.3 Å². The summed E-state index contributed by atoms with van der Waals surface area (Å²) < 4.78 is 88.5. The molecule has 232 valence electrons. The van der Waals surface area contributed by atoms with E-state index in [4.69, 9.17) is 4.74 Å². The number of carbonyl (C=O) groups excluding carboxylic acids is 1. The second kappa shape index (κ2) is 12.0. The van der Waals surface area contributed by atoms with Gasteiger partial charge in [0, 0.05) is 29.1 Å². The maximum absolute atomic E-state index is 14.2. The second-order valence-electron chi connectivity index (χ2n) is 10.7. The Bertz CT molecular complexity index is 1630. The fourth-order valence-corrected chi connectivity index (χ4v) is 5.56. The molecule has 11 heteroatoms. The summed E-state index contributed by atoms with van der Waals surface area (Å²) in [4.78, 5) is 26.8. The Hall–Kier alpha value is -4.28. The molecule has 2 heterocycles. The number of rotatable bonds is 6. The average Bonchev–Trinajstić information content (AvgIpc) is 3.02. The fraction of sp³-hybridized carbons (Fsp3) is 0.333. The molecule has 0 bridgehead atoms. The minimum atomic E-state index is -4.71. The Balaban J connectivity index is 2.06. The molecule has 0 aliphatic carbocycles. The normalized spacial score (nSPS) is 19.8. The molecule has 0 N–H and O–H groups in total. The number of benzene rings is 2. The van der Waals surface area contributed by atoms with E-state index in [1.807, 2.05) is 0 Å². The number of hydrogen-bond acceptors (Lipinski definition) is 5.